The molecule has 8 N–H and O–H groups in total. The maximum absolute atomic E-state index is 14.0. The summed E-state index contributed by atoms with van der Waals surface area (Å²) in [6.45, 7) is 1.19. The number of phenolic OH excluding ortho intramolecular Hbond substituents is 1. The molecule has 2 aromatic rings. The summed E-state index contributed by atoms with van der Waals surface area (Å²) in [6.07, 6.45) is 0.711. The van der Waals surface area contributed by atoms with E-state index < -0.39 is 78.4 Å². The molecule has 2 fully saturated rings. The normalized spacial score (nSPS) is 19.7. The number of aliphatic carboxylic acids is 1. The van der Waals surface area contributed by atoms with Crippen molar-refractivity contribution in [2.24, 2.45) is 5.73 Å². The highest BCUT2D eigenvalue weighted by Gasteiger charge is 2.41. The van der Waals surface area contributed by atoms with Crippen molar-refractivity contribution >= 4 is 35.5 Å². The van der Waals surface area contributed by atoms with Gasteiger partial charge < -0.3 is 46.8 Å². The van der Waals surface area contributed by atoms with Crippen LogP contribution in [0.4, 0.5) is 0 Å². The number of carbonyl (C=O) groups excluding carboxylic acids is 5. The van der Waals surface area contributed by atoms with E-state index >= 15 is 0 Å². The average molecular weight is 681 g/mol. The number of carbonyl (C=O) groups is 6. The lowest BCUT2D eigenvalue weighted by Gasteiger charge is -2.31. The van der Waals surface area contributed by atoms with Crippen LogP contribution in [0.2, 0.25) is 0 Å². The first-order valence-electron chi connectivity index (χ1n) is 16.3. The molecule has 15 heteroatoms. The summed E-state index contributed by atoms with van der Waals surface area (Å²) >= 11 is 0. The first kappa shape index (κ1) is 36.8. The molecule has 2 aliphatic rings. The van der Waals surface area contributed by atoms with Gasteiger partial charge in [0, 0.05) is 19.5 Å². The van der Waals surface area contributed by atoms with E-state index in [0.29, 0.717) is 32.2 Å². The molecule has 2 aromatic carbocycles. The number of likely N-dealkylation sites (tertiary alicyclic amines) is 2. The molecule has 4 rings (SSSR count). The maximum atomic E-state index is 14.0. The number of aliphatic hydroxyl groups excluding tert-OH is 1. The fourth-order valence-corrected chi connectivity index (χ4v) is 6.21. The Hall–Kier alpha value is -5.02. The standard InChI is InChI=1S/C34H44N6O9/c1-20(41)29(34(48)49)38-28(43)19-36-30(44)26-9-5-16-40(26)33(47)25(18-21-7-3-2-4-8-21)37-31(45)27-10-6-15-39(27)32(46)24(35)17-22-11-13-23(42)14-12-22/h2-4,7-8,11-14,20,24-27,29,41-42H,5-6,9-10,15-19,35H2,1H3,(H,36,44)(H,37,45)(H,38,43)(H,48,49)/t20-,24+,25+,26+,27+,29+/m1/s1. The number of hydrogen-bond acceptors (Lipinski definition) is 9. The Bertz CT molecular complexity index is 1500. The van der Waals surface area contributed by atoms with Gasteiger partial charge in [0.05, 0.1) is 18.7 Å². The van der Waals surface area contributed by atoms with Gasteiger partial charge in [0.25, 0.3) is 0 Å². The molecule has 2 aliphatic heterocycles. The fraction of sp³-hybridized carbons (Fsp3) is 0.471. The Balaban J connectivity index is 1.43. The molecule has 49 heavy (non-hydrogen) atoms. The SMILES string of the molecule is C[C@@H](O)[C@H](NC(=O)CNC(=O)[C@@H]1CCCN1C(=O)[C@H](Cc1ccccc1)NC(=O)[C@@H]1CCCN1C(=O)[C@@H](N)Cc1ccc(O)cc1)C(=O)O. The summed E-state index contributed by atoms with van der Waals surface area (Å²) in [7, 11) is 0. The van der Waals surface area contributed by atoms with Crippen molar-refractivity contribution in [3.8, 4) is 5.75 Å². The predicted molar refractivity (Wildman–Crippen MR) is 176 cm³/mol. The second-order valence-corrected chi connectivity index (χ2v) is 12.4. The Kier molecular flexibility index (Phi) is 12.7. The van der Waals surface area contributed by atoms with Gasteiger partial charge in [-0.15, -0.1) is 0 Å². The molecule has 0 spiro atoms. The largest absolute Gasteiger partial charge is 0.508 e. The topological polar surface area (TPSA) is 232 Å². The third-order valence-corrected chi connectivity index (χ3v) is 8.77. The number of nitrogens with one attached hydrogen (secondary N) is 3. The van der Waals surface area contributed by atoms with Gasteiger partial charge in [-0.1, -0.05) is 42.5 Å². The number of phenols is 1. The highest BCUT2D eigenvalue weighted by atomic mass is 16.4. The Morgan fingerprint density at radius 1 is 0.816 bits per heavy atom. The molecule has 15 nitrogen and oxygen atoms in total. The van der Waals surface area contributed by atoms with Crippen molar-refractivity contribution in [2.75, 3.05) is 19.6 Å². The molecule has 2 heterocycles. The number of benzene rings is 2. The van der Waals surface area contributed by atoms with Crippen molar-refractivity contribution in [3.05, 3.63) is 65.7 Å². The van der Waals surface area contributed by atoms with Gasteiger partial charge in [-0.05, 0) is 62.3 Å². The van der Waals surface area contributed by atoms with Crippen LogP contribution in [-0.2, 0) is 41.6 Å². The molecule has 0 unspecified atom stereocenters. The summed E-state index contributed by atoms with van der Waals surface area (Å²) in [5, 5.41) is 35.8. The molecule has 5 amide bonds. The quantitative estimate of drug-likeness (QED) is 0.129. The predicted octanol–water partition coefficient (Wildman–Crippen LogP) is -0.962. The second-order valence-electron chi connectivity index (χ2n) is 12.4. The lowest BCUT2D eigenvalue weighted by Crippen LogP contribution is -2.58. The monoisotopic (exact) mass is 680 g/mol. The maximum Gasteiger partial charge on any atom is 0.328 e. The van der Waals surface area contributed by atoms with Crippen LogP contribution in [0.15, 0.2) is 54.6 Å². The number of aromatic hydroxyl groups is 1. The van der Waals surface area contributed by atoms with E-state index in [2.05, 4.69) is 16.0 Å². The molecule has 0 aromatic heterocycles. The van der Waals surface area contributed by atoms with Crippen LogP contribution in [0.5, 0.6) is 5.75 Å². The minimum Gasteiger partial charge on any atom is -0.508 e. The number of carboxylic acids is 1. The first-order valence-corrected chi connectivity index (χ1v) is 16.3. The van der Waals surface area contributed by atoms with Gasteiger partial charge in [-0.3, -0.25) is 24.0 Å². The van der Waals surface area contributed by atoms with Crippen molar-refractivity contribution in [1.82, 2.24) is 25.8 Å². The molecule has 0 aliphatic carbocycles. The first-order chi connectivity index (χ1) is 23.3. The summed E-state index contributed by atoms with van der Waals surface area (Å²) in [5.74, 6) is -4.21. The van der Waals surface area contributed by atoms with Crippen LogP contribution in [0.3, 0.4) is 0 Å². The van der Waals surface area contributed by atoms with Gasteiger partial charge >= 0.3 is 5.97 Å². The van der Waals surface area contributed by atoms with E-state index in [-0.39, 0.29) is 25.1 Å². The summed E-state index contributed by atoms with van der Waals surface area (Å²) in [4.78, 5) is 80.7. The van der Waals surface area contributed by atoms with Gasteiger partial charge in [0.15, 0.2) is 6.04 Å². The zero-order valence-corrected chi connectivity index (χ0v) is 27.3. The molecule has 0 bridgehead atoms. The van der Waals surface area contributed by atoms with Crippen molar-refractivity contribution in [2.45, 2.75) is 81.8 Å². The summed E-state index contributed by atoms with van der Waals surface area (Å²) < 4.78 is 0. The van der Waals surface area contributed by atoms with Gasteiger partial charge in [-0.25, -0.2) is 4.79 Å². The minimum absolute atomic E-state index is 0.0902. The van der Waals surface area contributed by atoms with E-state index in [1.165, 1.54) is 28.9 Å². The van der Waals surface area contributed by atoms with Crippen LogP contribution >= 0.6 is 0 Å². The highest BCUT2D eigenvalue weighted by molar-refractivity contribution is 5.96. The molecule has 2 saturated heterocycles. The Morgan fingerprint density at radius 3 is 1.98 bits per heavy atom. The van der Waals surface area contributed by atoms with Crippen LogP contribution in [0.1, 0.15) is 43.7 Å². The third-order valence-electron chi connectivity index (χ3n) is 8.77. The lowest BCUT2D eigenvalue weighted by atomic mass is 10.0. The summed E-state index contributed by atoms with van der Waals surface area (Å²) in [6, 6.07) is 10.0. The number of amides is 5. The van der Waals surface area contributed by atoms with Crippen LogP contribution in [0.25, 0.3) is 0 Å². The highest BCUT2D eigenvalue weighted by Crippen LogP contribution is 2.23. The van der Waals surface area contributed by atoms with E-state index in [9.17, 15) is 44.1 Å². The van der Waals surface area contributed by atoms with Crippen LogP contribution in [-0.4, -0.2) is 117 Å². The smallest absolute Gasteiger partial charge is 0.328 e. The number of nitrogens with two attached hydrogens (primary N) is 1. The zero-order chi connectivity index (χ0) is 35.7. The molecule has 6 atom stereocenters. The molecule has 0 saturated carbocycles. The molecule has 0 radical (unpaired) electrons. The molecular formula is C34H44N6O9. The van der Waals surface area contributed by atoms with E-state index in [4.69, 9.17) is 5.73 Å². The number of carboxylic acid groups (broad SMARTS) is 1. The Morgan fingerprint density at radius 2 is 1.39 bits per heavy atom. The van der Waals surface area contributed by atoms with E-state index in [1.807, 2.05) is 18.2 Å². The van der Waals surface area contributed by atoms with E-state index in [1.54, 1.807) is 24.3 Å². The Labute approximate surface area is 283 Å². The number of nitrogens with zero attached hydrogens (tertiary/aromatic N) is 2. The number of hydrogen-bond donors (Lipinski definition) is 7. The van der Waals surface area contributed by atoms with E-state index in [0.717, 1.165) is 11.1 Å². The third kappa shape index (κ3) is 9.76. The number of rotatable bonds is 14. The van der Waals surface area contributed by atoms with Crippen molar-refractivity contribution in [1.29, 1.82) is 0 Å². The van der Waals surface area contributed by atoms with Crippen molar-refractivity contribution in [3.63, 3.8) is 0 Å². The zero-order valence-electron chi connectivity index (χ0n) is 27.3. The van der Waals surface area contributed by atoms with Crippen molar-refractivity contribution < 1.29 is 44.1 Å². The number of aliphatic hydroxyl groups is 1. The molecular weight excluding hydrogens is 636 g/mol. The van der Waals surface area contributed by atoms with Gasteiger partial charge in [0.2, 0.25) is 29.5 Å². The lowest BCUT2D eigenvalue weighted by molar-refractivity contribution is -0.145. The minimum atomic E-state index is -1.56. The van der Waals surface area contributed by atoms with Crippen LogP contribution < -0.4 is 21.7 Å². The van der Waals surface area contributed by atoms with Gasteiger partial charge in [-0.2, -0.15) is 0 Å². The molecule has 264 valence electrons. The average Bonchev–Trinajstić information content (AvgIpc) is 3.77. The fourth-order valence-electron chi connectivity index (χ4n) is 6.21. The van der Waals surface area contributed by atoms with Crippen LogP contribution in [0, 0.1) is 0 Å². The summed E-state index contributed by atoms with van der Waals surface area (Å²) in [5.41, 5.74) is 7.77. The van der Waals surface area contributed by atoms with Gasteiger partial charge in [0.1, 0.15) is 23.9 Å². The second kappa shape index (κ2) is 16.9.